The van der Waals surface area contributed by atoms with E-state index in [2.05, 4.69) is 10.5 Å². The first kappa shape index (κ1) is 14.5. The number of hydrogen-bond donors (Lipinski definition) is 1. The molecular formula is C13H17ClN2O2. The lowest BCUT2D eigenvalue weighted by Gasteiger charge is -2.18. The van der Waals surface area contributed by atoms with Crippen LogP contribution in [0.15, 0.2) is 29.4 Å². The summed E-state index contributed by atoms with van der Waals surface area (Å²) in [6.07, 6.45) is -0.589. The van der Waals surface area contributed by atoms with E-state index >= 15 is 0 Å². The van der Waals surface area contributed by atoms with Crippen molar-refractivity contribution in [3.63, 3.8) is 0 Å². The van der Waals surface area contributed by atoms with E-state index in [4.69, 9.17) is 16.3 Å². The number of rotatable bonds is 2. The van der Waals surface area contributed by atoms with E-state index in [9.17, 15) is 4.79 Å². The molecular weight excluding hydrogens is 252 g/mol. The normalized spacial score (nSPS) is 12.2. The number of benzene rings is 1. The van der Waals surface area contributed by atoms with Crippen molar-refractivity contribution >= 4 is 23.4 Å². The molecule has 0 aliphatic rings. The smallest absolute Gasteiger partial charge is 0.428 e. The van der Waals surface area contributed by atoms with Crippen LogP contribution >= 0.6 is 11.6 Å². The molecule has 0 atom stereocenters. The van der Waals surface area contributed by atoms with E-state index in [0.29, 0.717) is 10.7 Å². The van der Waals surface area contributed by atoms with E-state index in [1.54, 1.807) is 33.8 Å². The minimum Gasteiger partial charge on any atom is -0.443 e. The first-order valence-corrected chi connectivity index (χ1v) is 5.95. The van der Waals surface area contributed by atoms with Gasteiger partial charge in [-0.15, -0.1) is 0 Å². The predicted molar refractivity (Wildman–Crippen MR) is 73.0 cm³/mol. The van der Waals surface area contributed by atoms with Gasteiger partial charge in [0.05, 0.1) is 5.71 Å². The molecule has 98 valence electrons. The average molecular weight is 269 g/mol. The van der Waals surface area contributed by atoms with Crippen molar-refractivity contribution in [2.75, 3.05) is 0 Å². The monoisotopic (exact) mass is 268 g/mol. The maximum absolute atomic E-state index is 11.4. The van der Waals surface area contributed by atoms with Crippen LogP contribution in [0.25, 0.3) is 0 Å². The van der Waals surface area contributed by atoms with E-state index < -0.39 is 11.7 Å². The highest BCUT2D eigenvalue weighted by Crippen LogP contribution is 2.15. The molecule has 0 heterocycles. The van der Waals surface area contributed by atoms with Crippen molar-refractivity contribution in [3.05, 3.63) is 34.9 Å². The molecule has 0 aromatic heterocycles. The van der Waals surface area contributed by atoms with Gasteiger partial charge in [-0.25, -0.2) is 10.2 Å². The molecule has 4 nitrogen and oxygen atoms in total. The highest BCUT2D eigenvalue weighted by molar-refractivity contribution is 6.34. The number of hydrogen-bond acceptors (Lipinski definition) is 3. The van der Waals surface area contributed by atoms with Crippen molar-refractivity contribution in [2.24, 2.45) is 5.10 Å². The van der Waals surface area contributed by atoms with Crippen LogP contribution in [-0.4, -0.2) is 17.4 Å². The first-order valence-electron chi connectivity index (χ1n) is 5.58. The van der Waals surface area contributed by atoms with Crippen molar-refractivity contribution in [1.82, 2.24) is 5.43 Å². The maximum Gasteiger partial charge on any atom is 0.428 e. The van der Waals surface area contributed by atoms with Gasteiger partial charge in [0.1, 0.15) is 5.60 Å². The van der Waals surface area contributed by atoms with Gasteiger partial charge >= 0.3 is 6.09 Å². The molecule has 1 aromatic carbocycles. The molecule has 5 heteroatoms. The zero-order valence-electron chi connectivity index (χ0n) is 11.0. The van der Waals surface area contributed by atoms with Gasteiger partial charge in [-0.1, -0.05) is 29.8 Å². The molecule has 0 aliphatic carbocycles. The number of carbonyl (C=O) groups is 1. The van der Waals surface area contributed by atoms with E-state index in [1.165, 1.54) is 0 Å². The SMILES string of the molecule is C/C(=N/NC(=O)OC(C)(C)C)c1ccccc1Cl. The lowest BCUT2D eigenvalue weighted by Crippen LogP contribution is -2.30. The summed E-state index contributed by atoms with van der Waals surface area (Å²) < 4.78 is 5.06. The Morgan fingerprint density at radius 3 is 2.50 bits per heavy atom. The van der Waals surface area contributed by atoms with Crippen LogP contribution < -0.4 is 5.43 Å². The number of hydrazone groups is 1. The van der Waals surface area contributed by atoms with Gasteiger partial charge in [0.2, 0.25) is 0 Å². The fourth-order valence-corrected chi connectivity index (χ4v) is 1.52. The highest BCUT2D eigenvalue weighted by Gasteiger charge is 2.15. The largest absolute Gasteiger partial charge is 0.443 e. The lowest BCUT2D eigenvalue weighted by atomic mass is 10.1. The van der Waals surface area contributed by atoms with Gasteiger partial charge in [-0.3, -0.25) is 0 Å². The van der Waals surface area contributed by atoms with Crippen LogP contribution in [0.2, 0.25) is 5.02 Å². The molecule has 0 radical (unpaired) electrons. The molecule has 0 unspecified atom stereocenters. The van der Waals surface area contributed by atoms with Crippen molar-refractivity contribution in [2.45, 2.75) is 33.3 Å². The Bertz CT molecular complexity index is 464. The minimum absolute atomic E-state index is 0.544. The molecule has 0 saturated heterocycles. The molecule has 1 rings (SSSR count). The number of ether oxygens (including phenoxy) is 1. The van der Waals surface area contributed by atoms with Gasteiger partial charge in [0, 0.05) is 10.6 Å². The van der Waals surface area contributed by atoms with Crippen LogP contribution in [0.3, 0.4) is 0 Å². The van der Waals surface area contributed by atoms with E-state index in [-0.39, 0.29) is 0 Å². The summed E-state index contributed by atoms with van der Waals surface area (Å²) in [5, 5.41) is 4.53. The number of carbonyl (C=O) groups excluding carboxylic acids is 1. The second kappa shape index (κ2) is 5.87. The minimum atomic E-state index is -0.589. The summed E-state index contributed by atoms with van der Waals surface area (Å²) in [7, 11) is 0. The quantitative estimate of drug-likeness (QED) is 0.658. The fraction of sp³-hybridized carbons (Fsp3) is 0.385. The molecule has 1 N–H and O–H groups in total. The third kappa shape index (κ3) is 4.75. The van der Waals surface area contributed by atoms with Gasteiger partial charge < -0.3 is 4.74 Å². The van der Waals surface area contributed by atoms with Crippen LogP contribution in [0.1, 0.15) is 33.3 Å². The summed E-state index contributed by atoms with van der Waals surface area (Å²) in [5.74, 6) is 0. The van der Waals surface area contributed by atoms with Gasteiger partial charge in [-0.2, -0.15) is 5.10 Å². The third-order valence-corrected chi connectivity index (χ3v) is 2.31. The Hall–Kier alpha value is -1.55. The first-order chi connectivity index (χ1) is 8.29. The zero-order valence-corrected chi connectivity index (χ0v) is 11.7. The predicted octanol–water partition coefficient (Wildman–Crippen LogP) is 3.59. The zero-order chi connectivity index (χ0) is 13.8. The summed E-state index contributed by atoms with van der Waals surface area (Å²) in [4.78, 5) is 11.4. The topological polar surface area (TPSA) is 50.7 Å². The Balaban J connectivity index is 2.69. The lowest BCUT2D eigenvalue weighted by molar-refractivity contribution is 0.0529. The summed E-state index contributed by atoms with van der Waals surface area (Å²) in [6, 6.07) is 7.29. The third-order valence-electron chi connectivity index (χ3n) is 1.98. The second-order valence-corrected chi connectivity index (χ2v) is 5.20. The van der Waals surface area contributed by atoms with Gasteiger partial charge in [0.25, 0.3) is 0 Å². The Kier molecular flexibility index (Phi) is 4.73. The summed E-state index contributed by atoms with van der Waals surface area (Å²) in [5.41, 5.74) is 3.18. The average Bonchev–Trinajstić information content (AvgIpc) is 2.24. The van der Waals surface area contributed by atoms with Crippen molar-refractivity contribution in [3.8, 4) is 0 Å². The molecule has 0 spiro atoms. The Labute approximate surface area is 112 Å². The number of halogens is 1. The molecule has 0 saturated carbocycles. The Morgan fingerprint density at radius 1 is 1.33 bits per heavy atom. The van der Waals surface area contributed by atoms with E-state index in [0.717, 1.165) is 5.56 Å². The van der Waals surface area contributed by atoms with Crippen LogP contribution in [0.5, 0.6) is 0 Å². The fourth-order valence-electron chi connectivity index (χ4n) is 1.25. The molecule has 0 bridgehead atoms. The van der Waals surface area contributed by atoms with Crippen LogP contribution in [0, 0.1) is 0 Å². The highest BCUT2D eigenvalue weighted by atomic mass is 35.5. The van der Waals surface area contributed by atoms with Crippen molar-refractivity contribution in [1.29, 1.82) is 0 Å². The standard InChI is InChI=1S/C13H17ClN2O2/c1-9(10-7-5-6-8-11(10)14)15-16-12(17)18-13(2,3)4/h5-8H,1-4H3,(H,16,17)/b15-9-. The second-order valence-electron chi connectivity index (χ2n) is 4.79. The van der Waals surface area contributed by atoms with Crippen molar-refractivity contribution < 1.29 is 9.53 Å². The Morgan fingerprint density at radius 2 is 1.94 bits per heavy atom. The van der Waals surface area contributed by atoms with Crippen LogP contribution in [0.4, 0.5) is 4.79 Å². The summed E-state index contributed by atoms with van der Waals surface area (Å²) in [6.45, 7) is 7.13. The van der Waals surface area contributed by atoms with Gasteiger partial charge in [0.15, 0.2) is 0 Å². The molecule has 1 amide bonds. The molecule has 0 fully saturated rings. The number of nitrogens with zero attached hydrogens (tertiary/aromatic N) is 1. The maximum atomic E-state index is 11.4. The van der Waals surface area contributed by atoms with E-state index in [1.807, 2.05) is 18.2 Å². The van der Waals surface area contributed by atoms with Crippen LogP contribution in [-0.2, 0) is 4.74 Å². The number of nitrogens with one attached hydrogen (secondary N) is 1. The molecule has 0 aliphatic heterocycles. The summed E-state index contributed by atoms with van der Waals surface area (Å²) >= 11 is 6.02. The number of amides is 1. The van der Waals surface area contributed by atoms with Gasteiger partial charge in [-0.05, 0) is 33.8 Å². The molecule has 1 aromatic rings. The molecule has 18 heavy (non-hydrogen) atoms.